The number of aromatic nitrogens is 3. The highest BCUT2D eigenvalue weighted by atomic mass is 35.5. The average Bonchev–Trinajstić information content (AvgIpc) is 3.81. The van der Waals surface area contributed by atoms with E-state index in [4.69, 9.17) is 37.7 Å². The van der Waals surface area contributed by atoms with Crippen molar-refractivity contribution in [1.29, 1.82) is 0 Å². The second kappa shape index (κ2) is 14.5. The first-order valence-corrected chi connectivity index (χ1v) is 17.0. The lowest BCUT2D eigenvalue weighted by atomic mass is 9.97. The molecule has 0 aliphatic carbocycles. The van der Waals surface area contributed by atoms with Crippen molar-refractivity contribution in [3.8, 4) is 39.4 Å². The maximum atomic E-state index is 13.4. The summed E-state index contributed by atoms with van der Waals surface area (Å²) < 4.78 is 11.8. The first-order valence-electron chi connectivity index (χ1n) is 16.3. The third-order valence-electron chi connectivity index (χ3n) is 8.98. The van der Waals surface area contributed by atoms with Gasteiger partial charge in [-0.2, -0.15) is 0 Å². The van der Waals surface area contributed by atoms with E-state index in [1.807, 2.05) is 48.5 Å². The fraction of sp³-hybridized carbons (Fsp3) is 0.243. The number of aliphatic imine (C=N–C) groups is 1. The van der Waals surface area contributed by atoms with Gasteiger partial charge in [-0.05, 0) is 30.2 Å². The van der Waals surface area contributed by atoms with E-state index in [1.165, 1.54) is 17.7 Å². The van der Waals surface area contributed by atoms with Crippen LogP contribution < -0.4 is 26.2 Å². The van der Waals surface area contributed by atoms with Gasteiger partial charge in [-0.15, -0.1) is 0 Å². The van der Waals surface area contributed by atoms with Gasteiger partial charge in [-0.25, -0.2) is 14.8 Å². The second-order valence-corrected chi connectivity index (χ2v) is 12.9. The highest BCUT2D eigenvalue weighted by molar-refractivity contribution is 6.39. The Bertz CT molecular complexity index is 2270. The summed E-state index contributed by atoms with van der Waals surface area (Å²) in [6.45, 7) is 1.43. The van der Waals surface area contributed by atoms with E-state index in [0.717, 1.165) is 34.2 Å². The number of hydrogen-bond acceptors (Lipinski definition) is 10. The van der Waals surface area contributed by atoms with E-state index in [0.29, 0.717) is 58.2 Å². The van der Waals surface area contributed by atoms with Gasteiger partial charge in [0.1, 0.15) is 17.0 Å². The van der Waals surface area contributed by atoms with Gasteiger partial charge < -0.3 is 25.4 Å². The highest BCUT2D eigenvalue weighted by Gasteiger charge is 2.27. The van der Waals surface area contributed by atoms with Gasteiger partial charge >= 0.3 is 5.97 Å². The Morgan fingerprint density at radius 2 is 1.73 bits per heavy atom. The number of ether oxygens (including phenoxy) is 2. The average molecular weight is 727 g/mol. The molecule has 2 aromatic carbocycles. The molecular formula is C37H33Cl2N7O5. The van der Waals surface area contributed by atoms with Crippen LogP contribution in [0.3, 0.4) is 0 Å². The van der Waals surface area contributed by atoms with Crippen LogP contribution in [-0.4, -0.2) is 71.5 Å². The number of rotatable bonds is 10. The van der Waals surface area contributed by atoms with Crippen LogP contribution in [0.25, 0.3) is 39.2 Å². The van der Waals surface area contributed by atoms with E-state index in [-0.39, 0.29) is 29.6 Å². The summed E-state index contributed by atoms with van der Waals surface area (Å²) in [7, 11) is 2.88. The Kier molecular flexibility index (Phi) is 9.72. The number of esters is 1. The normalized spacial score (nSPS) is 16.9. The van der Waals surface area contributed by atoms with Crippen molar-refractivity contribution in [3.05, 3.63) is 105 Å². The molecule has 3 N–H and O–H groups in total. The Morgan fingerprint density at radius 1 is 0.980 bits per heavy atom. The Labute approximate surface area is 302 Å². The van der Waals surface area contributed by atoms with Gasteiger partial charge in [-0.3, -0.25) is 19.0 Å². The van der Waals surface area contributed by atoms with Crippen molar-refractivity contribution in [2.45, 2.75) is 31.5 Å². The van der Waals surface area contributed by atoms with E-state index in [9.17, 15) is 14.4 Å². The molecule has 51 heavy (non-hydrogen) atoms. The molecule has 1 saturated heterocycles. The van der Waals surface area contributed by atoms with Crippen LogP contribution in [0.15, 0.2) is 82.8 Å². The zero-order valence-corrected chi connectivity index (χ0v) is 29.2. The molecule has 3 aromatic heterocycles. The summed E-state index contributed by atoms with van der Waals surface area (Å²) in [6, 6.07) is 18.2. The molecule has 0 unspecified atom stereocenters. The van der Waals surface area contributed by atoms with Crippen molar-refractivity contribution in [3.63, 3.8) is 0 Å². The van der Waals surface area contributed by atoms with E-state index in [2.05, 4.69) is 25.9 Å². The summed E-state index contributed by atoms with van der Waals surface area (Å²) in [5.74, 6) is 0.380. The lowest BCUT2D eigenvalue weighted by molar-refractivity contribution is -0.141. The van der Waals surface area contributed by atoms with Crippen molar-refractivity contribution >= 4 is 46.6 Å². The van der Waals surface area contributed by atoms with Gasteiger partial charge in [0.15, 0.2) is 6.04 Å². The largest absolute Gasteiger partial charge is 0.481 e. The fourth-order valence-electron chi connectivity index (χ4n) is 6.32. The molecule has 5 aromatic rings. The molecule has 0 spiro atoms. The topological polar surface area (TPSA) is 148 Å². The molecule has 2 atom stereocenters. The minimum absolute atomic E-state index is 0.0861. The molecule has 0 radical (unpaired) electrons. The van der Waals surface area contributed by atoms with Crippen LogP contribution in [0.2, 0.25) is 10.0 Å². The molecule has 0 saturated carbocycles. The Balaban J connectivity index is 1.15. The molecule has 260 valence electrons. The SMILES string of the molecule is COC(=O)[C@H]1CNC(c2cnc3cc(-c4cccc(-c5cccc(-c6ccc(CNC[C@H]7CCC(=O)N7)c(OC)n6)c5Cl)c4Cl)ccn3c2=O)=N1. The molecule has 0 bridgehead atoms. The number of amidine groups is 1. The Hall–Kier alpha value is -5.30. The van der Waals surface area contributed by atoms with Gasteiger partial charge in [0.25, 0.3) is 5.56 Å². The number of methoxy groups -OCH3 is 2. The van der Waals surface area contributed by atoms with Crippen molar-refractivity contribution in [2.24, 2.45) is 4.99 Å². The summed E-state index contributed by atoms with van der Waals surface area (Å²) in [6.07, 6.45) is 4.46. The Morgan fingerprint density at radius 3 is 2.45 bits per heavy atom. The highest BCUT2D eigenvalue weighted by Crippen LogP contribution is 2.42. The van der Waals surface area contributed by atoms with Gasteiger partial charge in [0, 0.05) is 72.3 Å². The lowest BCUT2D eigenvalue weighted by Crippen LogP contribution is -2.35. The number of halogens is 2. The quantitative estimate of drug-likeness (QED) is 0.175. The van der Waals surface area contributed by atoms with Crippen LogP contribution in [-0.2, 0) is 20.9 Å². The van der Waals surface area contributed by atoms with Crippen molar-refractivity contribution < 1.29 is 19.1 Å². The molecule has 12 nitrogen and oxygen atoms in total. The minimum Gasteiger partial charge on any atom is -0.481 e. The zero-order valence-electron chi connectivity index (χ0n) is 27.7. The van der Waals surface area contributed by atoms with Crippen LogP contribution in [0, 0.1) is 0 Å². The maximum Gasteiger partial charge on any atom is 0.332 e. The predicted molar refractivity (Wildman–Crippen MR) is 195 cm³/mol. The summed E-state index contributed by atoms with van der Waals surface area (Å²) in [5, 5.41) is 10.3. The number of carbonyl (C=O) groups is 2. The zero-order chi connectivity index (χ0) is 35.6. The first kappa shape index (κ1) is 34.2. The van der Waals surface area contributed by atoms with Gasteiger partial charge in [0.2, 0.25) is 11.8 Å². The molecule has 1 fully saturated rings. The maximum absolute atomic E-state index is 13.4. The van der Waals surface area contributed by atoms with Crippen LogP contribution in [0.1, 0.15) is 24.0 Å². The summed E-state index contributed by atoms with van der Waals surface area (Å²) >= 11 is 14.2. The molecule has 14 heteroatoms. The number of pyridine rings is 2. The van der Waals surface area contributed by atoms with Crippen LogP contribution in [0.4, 0.5) is 0 Å². The van der Waals surface area contributed by atoms with Crippen LogP contribution in [0.5, 0.6) is 5.88 Å². The molecular weight excluding hydrogens is 693 g/mol. The number of carbonyl (C=O) groups excluding carboxylic acids is 2. The third-order valence-corrected chi connectivity index (χ3v) is 9.80. The summed E-state index contributed by atoms with van der Waals surface area (Å²) in [5.41, 5.74) is 5.49. The fourth-order valence-corrected chi connectivity index (χ4v) is 6.99. The number of hydrogen-bond donors (Lipinski definition) is 3. The predicted octanol–water partition coefficient (Wildman–Crippen LogP) is 4.67. The van der Waals surface area contributed by atoms with Crippen LogP contribution >= 0.6 is 23.2 Å². The number of fused-ring (bicyclic) bond motifs is 1. The number of amides is 1. The standard InChI is InChI=1S/C37H33Cl2N7O5/c1-50-35-21(16-40-17-22-10-12-31(47)43-22)9-11-28(45-35)26-8-4-7-25(33(26)39)24-6-3-5-23(32(24)38)20-13-14-46-30(15-20)41-18-27(36(46)48)34-42-19-29(44-34)37(49)51-2/h3-9,11,13-15,18,22,29,40H,10,12,16-17,19H2,1-2H3,(H,42,44)(H,43,47)/t22-,29-/m1/s1. The lowest BCUT2D eigenvalue weighted by Gasteiger charge is -2.16. The number of benzene rings is 2. The molecule has 2 aliphatic heterocycles. The minimum atomic E-state index is -0.720. The monoisotopic (exact) mass is 725 g/mol. The molecule has 1 amide bonds. The number of nitrogens with zero attached hydrogens (tertiary/aromatic N) is 4. The van der Waals surface area contributed by atoms with Gasteiger partial charge in [-0.1, -0.05) is 65.7 Å². The molecule has 2 aliphatic rings. The van der Waals surface area contributed by atoms with E-state index < -0.39 is 12.0 Å². The van der Waals surface area contributed by atoms with E-state index >= 15 is 0 Å². The molecule has 5 heterocycles. The third kappa shape index (κ3) is 6.77. The smallest absolute Gasteiger partial charge is 0.332 e. The molecule has 7 rings (SSSR count). The summed E-state index contributed by atoms with van der Waals surface area (Å²) in [4.78, 5) is 50.4. The van der Waals surface area contributed by atoms with Crippen molar-refractivity contribution in [1.82, 2.24) is 30.3 Å². The number of nitrogens with one attached hydrogen (secondary N) is 3. The van der Waals surface area contributed by atoms with Crippen molar-refractivity contribution in [2.75, 3.05) is 27.3 Å². The van der Waals surface area contributed by atoms with E-state index in [1.54, 1.807) is 25.4 Å². The van der Waals surface area contributed by atoms with Gasteiger partial charge in [0.05, 0.1) is 30.0 Å². The second-order valence-electron chi connectivity index (χ2n) is 12.2. The first-order chi connectivity index (χ1) is 24.7.